The summed E-state index contributed by atoms with van der Waals surface area (Å²) in [6.45, 7) is 2.01. The van der Waals surface area contributed by atoms with Crippen LogP contribution in [-0.2, 0) is 5.41 Å². The Labute approximate surface area is 183 Å². The molecule has 1 saturated carbocycles. The van der Waals surface area contributed by atoms with Crippen molar-refractivity contribution in [2.24, 2.45) is 5.92 Å². The van der Waals surface area contributed by atoms with Gasteiger partial charge in [0, 0.05) is 30.1 Å². The van der Waals surface area contributed by atoms with E-state index >= 15 is 0 Å². The molecule has 3 unspecified atom stereocenters. The second-order valence-corrected chi connectivity index (χ2v) is 8.75. The fourth-order valence-corrected chi connectivity index (χ4v) is 5.42. The standard InChI is InChI=1S/C25H29N3O3/c1-28-15-20-12-21(27-24(29)18-6-4-17(14-26)5-7-18)10-11-25(20,16-28)19-8-9-22(30-2)23(13-19)31-3/h4-9,13,20-21H,10-12,15-16H2,1-3H3,(H,27,29). The van der Waals surface area contributed by atoms with Gasteiger partial charge in [-0.1, -0.05) is 6.07 Å². The molecular weight excluding hydrogens is 390 g/mol. The first-order valence-electron chi connectivity index (χ1n) is 10.7. The Morgan fingerprint density at radius 2 is 1.90 bits per heavy atom. The summed E-state index contributed by atoms with van der Waals surface area (Å²) < 4.78 is 11.0. The lowest BCUT2D eigenvalue weighted by Gasteiger charge is -2.43. The largest absolute Gasteiger partial charge is 0.493 e. The highest BCUT2D eigenvalue weighted by Crippen LogP contribution is 2.49. The van der Waals surface area contributed by atoms with E-state index in [1.807, 2.05) is 6.07 Å². The predicted molar refractivity (Wildman–Crippen MR) is 118 cm³/mol. The zero-order valence-corrected chi connectivity index (χ0v) is 18.4. The second kappa shape index (κ2) is 8.60. The molecule has 1 aliphatic carbocycles. The number of nitrogens with one attached hydrogen (secondary N) is 1. The van der Waals surface area contributed by atoms with Crippen LogP contribution in [0.15, 0.2) is 42.5 Å². The third-order valence-corrected chi connectivity index (χ3v) is 6.94. The number of hydrogen-bond donors (Lipinski definition) is 1. The van der Waals surface area contributed by atoms with E-state index < -0.39 is 0 Å². The molecule has 3 atom stereocenters. The van der Waals surface area contributed by atoms with Crippen molar-refractivity contribution >= 4 is 5.91 Å². The van der Waals surface area contributed by atoms with Gasteiger partial charge in [0.15, 0.2) is 11.5 Å². The molecule has 1 amide bonds. The number of hydrogen-bond acceptors (Lipinski definition) is 5. The minimum absolute atomic E-state index is 0.0595. The first-order valence-corrected chi connectivity index (χ1v) is 10.7. The smallest absolute Gasteiger partial charge is 0.251 e. The number of amides is 1. The van der Waals surface area contributed by atoms with E-state index in [0.29, 0.717) is 17.0 Å². The Bertz CT molecular complexity index is 998. The van der Waals surface area contributed by atoms with Crippen LogP contribution in [0.2, 0.25) is 0 Å². The number of fused-ring (bicyclic) bond motifs is 1. The van der Waals surface area contributed by atoms with Gasteiger partial charge in [0.25, 0.3) is 5.91 Å². The van der Waals surface area contributed by atoms with E-state index in [-0.39, 0.29) is 17.4 Å². The summed E-state index contributed by atoms with van der Waals surface area (Å²) in [7, 11) is 5.50. The lowest BCUT2D eigenvalue weighted by atomic mass is 9.63. The van der Waals surface area contributed by atoms with E-state index in [9.17, 15) is 4.79 Å². The Morgan fingerprint density at radius 1 is 1.16 bits per heavy atom. The average molecular weight is 420 g/mol. The van der Waals surface area contributed by atoms with Crippen molar-refractivity contribution in [3.05, 3.63) is 59.2 Å². The molecular formula is C25H29N3O3. The summed E-state index contributed by atoms with van der Waals surface area (Å²) in [6, 6.07) is 15.3. The molecule has 2 fully saturated rings. The topological polar surface area (TPSA) is 74.6 Å². The number of likely N-dealkylation sites (tertiary alicyclic amines) is 1. The van der Waals surface area contributed by atoms with Crippen LogP contribution in [0.4, 0.5) is 0 Å². The van der Waals surface area contributed by atoms with Gasteiger partial charge < -0.3 is 19.7 Å². The fraction of sp³-hybridized carbons (Fsp3) is 0.440. The third-order valence-electron chi connectivity index (χ3n) is 6.94. The molecule has 2 aromatic rings. The van der Waals surface area contributed by atoms with Crippen molar-refractivity contribution < 1.29 is 14.3 Å². The molecule has 4 rings (SSSR count). The first-order chi connectivity index (χ1) is 15.0. The molecule has 0 spiro atoms. The highest BCUT2D eigenvalue weighted by Gasteiger charge is 2.50. The highest BCUT2D eigenvalue weighted by molar-refractivity contribution is 5.94. The first kappa shape index (κ1) is 21.2. The molecule has 0 aromatic heterocycles. The van der Waals surface area contributed by atoms with Gasteiger partial charge in [-0.3, -0.25) is 4.79 Å². The summed E-state index contributed by atoms with van der Waals surface area (Å²) in [6.07, 6.45) is 2.89. The van der Waals surface area contributed by atoms with E-state index in [2.05, 4.69) is 35.5 Å². The Kier molecular flexibility index (Phi) is 5.88. The zero-order chi connectivity index (χ0) is 22.0. The van der Waals surface area contributed by atoms with E-state index in [4.69, 9.17) is 14.7 Å². The quantitative estimate of drug-likeness (QED) is 0.804. The van der Waals surface area contributed by atoms with Crippen LogP contribution in [0.25, 0.3) is 0 Å². The van der Waals surface area contributed by atoms with Crippen molar-refractivity contribution in [2.45, 2.75) is 30.7 Å². The highest BCUT2D eigenvalue weighted by atomic mass is 16.5. The van der Waals surface area contributed by atoms with Gasteiger partial charge in [-0.05, 0) is 74.2 Å². The van der Waals surface area contributed by atoms with Gasteiger partial charge in [0.05, 0.1) is 25.9 Å². The summed E-state index contributed by atoms with van der Waals surface area (Å²) >= 11 is 0. The summed E-state index contributed by atoms with van der Waals surface area (Å²) in [5.41, 5.74) is 2.50. The van der Waals surface area contributed by atoms with Crippen LogP contribution < -0.4 is 14.8 Å². The molecule has 162 valence electrons. The summed E-state index contributed by atoms with van der Waals surface area (Å²) in [4.78, 5) is 15.1. The van der Waals surface area contributed by atoms with Gasteiger partial charge in [-0.25, -0.2) is 0 Å². The molecule has 0 radical (unpaired) electrons. The number of likely N-dealkylation sites (N-methyl/N-ethyl adjacent to an activating group) is 1. The maximum Gasteiger partial charge on any atom is 0.251 e. The lowest BCUT2D eigenvalue weighted by molar-refractivity contribution is 0.0904. The number of methoxy groups -OCH3 is 2. The van der Waals surface area contributed by atoms with E-state index in [0.717, 1.165) is 43.9 Å². The van der Waals surface area contributed by atoms with Crippen molar-refractivity contribution in [3.63, 3.8) is 0 Å². The average Bonchev–Trinajstić information content (AvgIpc) is 3.14. The van der Waals surface area contributed by atoms with Gasteiger partial charge in [0.2, 0.25) is 0 Å². The van der Waals surface area contributed by atoms with Crippen molar-refractivity contribution in [1.29, 1.82) is 5.26 Å². The molecule has 0 bridgehead atoms. The van der Waals surface area contributed by atoms with E-state index in [1.54, 1.807) is 38.5 Å². The molecule has 1 heterocycles. The maximum atomic E-state index is 12.7. The lowest BCUT2D eigenvalue weighted by Crippen LogP contribution is -2.47. The number of carbonyl (C=O) groups is 1. The van der Waals surface area contributed by atoms with E-state index in [1.165, 1.54) is 5.56 Å². The minimum atomic E-state index is -0.0699. The van der Waals surface area contributed by atoms with Crippen molar-refractivity contribution in [1.82, 2.24) is 10.2 Å². The van der Waals surface area contributed by atoms with Crippen LogP contribution in [0, 0.1) is 17.2 Å². The maximum absolute atomic E-state index is 12.7. The number of nitriles is 1. The monoisotopic (exact) mass is 419 g/mol. The van der Waals surface area contributed by atoms with Crippen LogP contribution in [0.3, 0.4) is 0 Å². The number of nitrogens with zero attached hydrogens (tertiary/aromatic N) is 2. The summed E-state index contributed by atoms with van der Waals surface area (Å²) in [5, 5.41) is 12.2. The predicted octanol–water partition coefficient (Wildman–Crippen LogP) is 3.36. The Hall–Kier alpha value is -3.04. The van der Waals surface area contributed by atoms with Gasteiger partial charge >= 0.3 is 0 Å². The Morgan fingerprint density at radius 3 is 2.58 bits per heavy atom. The number of rotatable bonds is 5. The van der Waals surface area contributed by atoms with Gasteiger partial charge in [-0.15, -0.1) is 0 Å². The summed E-state index contributed by atoms with van der Waals surface area (Å²) in [5.74, 6) is 1.89. The second-order valence-electron chi connectivity index (χ2n) is 8.75. The number of benzene rings is 2. The Balaban J connectivity index is 1.52. The molecule has 2 aliphatic rings. The zero-order valence-electron chi connectivity index (χ0n) is 18.4. The SMILES string of the molecule is COc1ccc(C23CCC(NC(=O)c4ccc(C#N)cc4)CC2CN(C)C3)cc1OC. The third kappa shape index (κ3) is 3.98. The van der Waals surface area contributed by atoms with Gasteiger partial charge in [0.1, 0.15) is 0 Å². The van der Waals surface area contributed by atoms with Crippen molar-refractivity contribution in [3.8, 4) is 17.6 Å². The fourth-order valence-electron chi connectivity index (χ4n) is 5.42. The molecule has 1 N–H and O–H groups in total. The molecule has 31 heavy (non-hydrogen) atoms. The molecule has 2 aromatic carbocycles. The van der Waals surface area contributed by atoms with Crippen molar-refractivity contribution in [2.75, 3.05) is 34.4 Å². The molecule has 1 aliphatic heterocycles. The van der Waals surface area contributed by atoms with Gasteiger partial charge in [-0.2, -0.15) is 5.26 Å². The molecule has 6 nitrogen and oxygen atoms in total. The molecule has 1 saturated heterocycles. The number of carbonyl (C=O) groups excluding carboxylic acids is 1. The van der Waals surface area contributed by atoms with Crippen LogP contribution >= 0.6 is 0 Å². The van der Waals surface area contributed by atoms with Crippen LogP contribution in [0.1, 0.15) is 40.7 Å². The minimum Gasteiger partial charge on any atom is -0.493 e. The number of ether oxygens (including phenoxy) is 2. The van der Waals surface area contributed by atoms with Crippen LogP contribution in [-0.4, -0.2) is 51.2 Å². The normalized spacial score (nSPS) is 25.4. The van der Waals surface area contributed by atoms with Crippen LogP contribution in [0.5, 0.6) is 11.5 Å². The molecule has 6 heteroatoms.